The molecule has 0 amide bonds. The lowest BCUT2D eigenvalue weighted by molar-refractivity contribution is -0.146. The number of hydrogen-bond donors (Lipinski definition) is 1. The van der Waals surface area contributed by atoms with Crippen LogP contribution in [0.4, 0.5) is 0 Å². The van der Waals surface area contributed by atoms with Crippen LogP contribution in [0.15, 0.2) is 23.4 Å². The summed E-state index contributed by atoms with van der Waals surface area (Å²) in [6.07, 6.45) is 4.91. The molecule has 25 heavy (non-hydrogen) atoms. The van der Waals surface area contributed by atoms with Gasteiger partial charge in [-0.1, -0.05) is 48.0 Å². The summed E-state index contributed by atoms with van der Waals surface area (Å²) in [6, 6.07) is -0.640. The Morgan fingerprint density at radius 3 is 2.36 bits per heavy atom. The van der Waals surface area contributed by atoms with Crippen LogP contribution in [0.1, 0.15) is 60.8 Å². The fourth-order valence-corrected chi connectivity index (χ4v) is 2.56. The molecule has 1 unspecified atom stereocenters. The molecule has 0 aliphatic heterocycles. The Balaban J connectivity index is 2.94. The summed E-state index contributed by atoms with van der Waals surface area (Å²) in [5.41, 5.74) is 0.184. The molecule has 0 saturated carbocycles. The second-order valence-corrected chi connectivity index (χ2v) is 7.95. The Kier molecular flexibility index (Phi) is 7.59. The number of hydrogen-bond acceptors (Lipinski definition) is 5. The van der Waals surface area contributed by atoms with Crippen molar-refractivity contribution in [2.75, 3.05) is 6.61 Å². The van der Waals surface area contributed by atoms with Crippen LogP contribution in [-0.2, 0) is 19.1 Å². The molecule has 1 aliphatic carbocycles. The Bertz CT molecular complexity index is 579. The van der Waals surface area contributed by atoms with Gasteiger partial charge in [0, 0.05) is 11.6 Å². The normalized spacial score (nSPS) is 16.4. The maximum atomic E-state index is 12.7. The van der Waals surface area contributed by atoms with Crippen LogP contribution in [0.25, 0.3) is 0 Å². The Hall–Kier alpha value is -1.91. The molecule has 0 spiro atoms. The monoisotopic (exact) mass is 349 g/mol. The van der Waals surface area contributed by atoms with E-state index >= 15 is 0 Å². The summed E-state index contributed by atoms with van der Waals surface area (Å²) < 4.78 is 5.30. The smallest absolute Gasteiger partial charge is 0.328 e. The molecule has 0 radical (unpaired) electrons. The van der Waals surface area contributed by atoms with E-state index in [1.807, 2.05) is 41.5 Å². The molecule has 1 rings (SSSR count). The first-order valence-corrected chi connectivity index (χ1v) is 9.02. The van der Waals surface area contributed by atoms with Crippen LogP contribution < -0.4 is 5.32 Å². The van der Waals surface area contributed by atoms with E-state index < -0.39 is 11.5 Å². The molecule has 0 saturated heterocycles. The number of ketones is 2. The summed E-state index contributed by atoms with van der Waals surface area (Å²) in [5.74, 6) is -0.615. The van der Waals surface area contributed by atoms with Crippen LogP contribution in [0.3, 0.4) is 0 Å². The fraction of sp³-hybridized carbons (Fsp3) is 0.650. The number of carbonyl (C=O) groups excluding carboxylic acids is 3. The zero-order valence-electron chi connectivity index (χ0n) is 16.3. The summed E-state index contributed by atoms with van der Waals surface area (Å²) in [6.45, 7) is 12.0. The summed E-state index contributed by atoms with van der Waals surface area (Å²) in [7, 11) is 0. The average Bonchev–Trinajstić information content (AvgIpc) is 2.48. The third-order valence-corrected chi connectivity index (χ3v) is 3.93. The van der Waals surface area contributed by atoms with Crippen LogP contribution in [0.2, 0.25) is 0 Å². The van der Waals surface area contributed by atoms with Crippen molar-refractivity contribution in [2.45, 2.75) is 66.8 Å². The van der Waals surface area contributed by atoms with Crippen molar-refractivity contribution in [2.24, 2.45) is 11.3 Å². The molecule has 0 heterocycles. The molecule has 0 aromatic carbocycles. The van der Waals surface area contributed by atoms with Gasteiger partial charge in [-0.05, 0) is 30.3 Å². The highest BCUT2D eigenvalue weighted by molar-refractivity contribution is 6.20. The van der Waals surface area contributed by atoms with E-state index in [1.165, 1.54) is 12.2 Å². The predicted molar refractivity (Wildman–Crippen MR) is 97.9 cm³/mol. The third kappa shape index (κ3) is 6.48. The van der Waals surface area contributed by atoms with Crippen molar-refractivity contribution in [1.82, 2.24) is 5.32 Å². The van der Waals surface area contributed by atoms with Gasteiger partial charge in [0.1, 0.15) is 6.04 Å². The molecular weight excluding hydrogens is 318 g/mol. The van der Waals surface area contributed by atoms with Crippen LogP contribution in [-0.4, -0.2) is 30.2 Å². The first kappa shape index (κ1) is 21.1. The molecule has 1 aliphatic rings. The van der Waals surface area contributed by atoms with Crippen molar-refractivity contribution in [3.8, 4) is 0 Å². The third-order valence-electron chi connectivity index (χ3n) is 3.93. The van der Waals surface area contributed by atoms with E-state index in [4.69, 9.17) is 4.74 Å². The van der Waals surface area contributed by atoms with Gasteiger partial charge in [0.2, 0.25) is 5.78 Å². The maximum Gasteiger partial charge on any atom is 0.328 e. The van der Waals surface area contributed by atoms with Gasteiger partial charge in [-0.25, -0.2) is 4.79 Å². The predicted octanol–water partition coefficient (Wildman–Crippen LogP) is 3.34. The van der Waals surface area contributed by atoms with Gasteiger partial charge >= 0.3 is 5.97 Å². The van der Waals surface area contributed by atoms with Crippen LogP contribution in [0, 0.1) is 11.3 Å². The molecule has 0 aromatic rings. The number of esters is 1. The lowest BCUT2D eigenvalue weighted by Crippen LogP contribution is -2.42. The highest BCUT2D eigenvalue weighted by atomic mass is 16.5. The Morgan fingerprint density at radius 2 is 1.84 bits per heavy atom. The standard InChI is InChI=1S/C20H31NO4/c1-7-8-9-25-19(24)17(10-13(2)3)21-16-12-14(22)11-15(18(16)23)20(4,5)6/h11-13,17,21H,7-10H2,1-6H3. The van der Waals surface area contributed by atoms with Crippen molar-refractivity contribution in [1.29, 1.82) is 0 Å². The molecule has 140 valence electrons. The molecule has 0 aromatic heterocycles. The first-order chi connectivity index (χ1) is 11.6. The topological polar surface area (TPSA) is 72.5 Å². The number of ether oxygens (including phenoxy) is 1. The number of unbranched alkanes of at least 4 members (excludes halogenated alkanes) is 1. The van der Waals surface area contributed by atoms with Gasteiger partial charge in [0.15, 0.2) is 5.78 Å². The number of carbonyl (C=O) groups is 3. The van der Waals surface area contributed by atoms with Gasteiger partial charge in [0.05, 0.1) is 12.3 Å². The lowest BCUT2D eigenvalue weighted by atomic mass is 9.80. The fourth-order valence-electron chi connectivity index (χ4n) is 2.56. The van der Waals surface area contributed by atoms with Gasteiger partial charge in [-0.3, -0.25) is 9.59 Å². The summed E-state index contributed by atoms with van der Waals surface area (Å²) in [5, 5.41) is 2.97. The second-order valence-electron chi connectivity index (χ2n) is 7.95. The largest absolute Gasteiger partial charge is 0.464 e. The average molecular weight is 349 g/mol. The highest BCUT2D eigenvalue weighted by Gasteiger charge is 2.32. The number of nitrogens with one attached hydrogen (secondary N) is 1. The quantitative estimate of drug-likeness (QED) is 0.413. The second kappa shape index (κ2) is 8.97. The van der Waals surface area contributed by atoms with E-state index in [-0.39, 0.29) is 29.2 Å². The molecular formula is C20H31NO4. The van der Waals surface area contributed by atoms with E-state index in [9.17, 15) is 14.4 Å². The van der Waals surface area contributed by atoms with E-state index in [1.54, 1.807) is 0 Å². The zero-order valence-corrected chi connectivity index (χ0v) is 16.3. The lowest BCUT2D eigenvalue weighted by Gasteiger charge is -2.27. The minimum Gasteiger partial charge on any atom is -0.464 e. The van der Waals surface area contributed by atoms with Crippen molar-refractivity contribution in [3.63, 3.8) is 0 Å². The Labute approximate surface area is 150 Å². The van der Waals surface area contributed by atoms with E-state index in [0.29, 0.717) is 18.6 Å². The maximum absolute atomic E-state index is 12.7. The molecule has 0 bridgehead atoms. The molecule has 1 atom stereocenters. The molecule has 0 fully saturated rings. The van der Waals surface area contributed by atoms with E-state index in [2.05, 4.69) is 5.32 Å². The number of rotatable bonds is 8. The first-order valence-electron chi connectivity index (χ1n) is 9.02. The van der Waals surface area contributed by atoms with E-state index in [0.717, 1.165) is 12.8 Å². The minimum atomic E-state index is -0.640. The number of allylic oxidation sites excluding steroid dienone is 3. The molecule has 5 nitrogen and oxygen atoms in total. The van der Waals surface area contributed by atoms with Crippen molar-refractivity contribution < 1.29 is 19.1 Å². The Morgan fingerprint density at radius 1 is 1.20 bits per heavy atom. The summed E-state index contributed by atoms with van der Waals surface area (Å²) >= 11 is 0. The van der Waals surface area contributed by atoms with Gasteiger partial charge in [-0.15, -0.1) is 0 Å². The zero-order chi connectivity index (χ0) is 19.2. The SMILES string of the molecule is CCCCOC(=O)C(CC(C)C)NC1=CC(=O)C=C(C(C)(C)C)C1=O. The molecule has 5 heteroatoms. The van der Waals surface area contributed by atoms with Gasteiger partial charge in [0.25, 0.3) is 0 Å². The highest BCUT2D eigenvalue weighted by Crippen LogP contribution is 2.30. The van der Waals surface area contributed by atoms with Crippen LogP contribution >= 0.6 is 0 Å². The molecule has 1 N–H and O–H groups in total. The summed E-state index contributed by atoms with van der Waals surface area (Å²) in [4.78, 5) is 37.1. The number of Topliss-reactive ketones (excluding diaryl/α,β-unsaturated/α-hetero) is 1. The van der Waals surface area contributed by atoms with Crippen molar-refractivity contribution >= 4 is 17.5 Å². The van der Waals surface area contributed by atoms with Gasteiger partial charge < -0.3 is 10.1 Å². The minimum absolute atomic E-state index is 0.176. The van der Waals surface area contributed by atoms with Crippen LogP contribution in [0.5, 0.6) is 0 Å². The van der Waals surface area contributed by atoms with Gasteiger partial charge in [-0.2, -0.15) is 0 Å². The van der Waals surface area contributed by atoms with Crippen molar-refractivity contribution in [3.05, 3.63) is 23.4 Å².